The molecule has 0 aliphatic carbocycles. The summed E-state index contributed by atoms with van der Waals surface area (Å²) in [4.78, 5) is 26.7. The van der Waals surface area contributed by atoms with E-state index >= 15 is 0 Å². The number of piperidine rings is 1. The predicted octanol–water partition coefficient (Wildman–Crippen LogP) is 2.90. The Bertz CT molecular complexity index is 713. The fraction of sp³-hybridized carbons (Fsp3) is 0.333. The van der Waals surface area contributed by atoms with E-state index in [0.29, 0.717) is 37.2 Å². The van der Waals surface area contributed by atoms with Crippen LogP contribution in [0.3, 0.4) is 0 Å². The first kappa shape index (κ1) is 15.5. The minimum atomic E-state index is -0.343. The Morgan fingerprint density at radius 1 is 1.09 bits per heavy atom. The van der Waals surface area contributed by atoms with E-state index in [0.717, 1.165) is 0 Å². The number of aryl methyl sites for hydroxylation is 1. The lowest BCUT2D eigenvalue weighted by atomic mass is 9.89. The molecule has 1 aliphatic rings. The molecule has 2 heterocycles. The molecule has 1 aromatic carbocycles. The molecular formula is C18H19FN2O2. The number of ketones is 1. The molecule has 1 saturated heterocycles. The summed E-state index contributed by atoms with van der Waals surface area (Å²) >= 11 is 0. The third-order valence-electron chi connectivity index (χ3n) is 4.44. The summed E-state index contributed by atoms with van der Waals surface area (Å²) in [7, 11) is 1.85. The largest absolute Gasteiger partial charge is 0.347 e. The lowest BCUT2D eigenvalue weighted by molar-refractivity contribution is 0.0642. The second kappa shape index (κ2) is 6.36. The molecule has 23 heavy (non-hydrogen) atoms. The van der Waals surface area contributed by atoms with Gasteiger partial charge in [-0.05, 0) is 49.2 Å². The van der Waals surface area contributed by atoms with Crippen LogP contribution in [0.4, 0.5) is 4.39 Å². The molecule has 120 valence electrons. The van der Waals surface area contributed by atoms with Gasteiger partial charge in [-0.1, -0.05) is 0 Å². The van der Waals surface area contributed by atoms with Gasteiger partial charge in [0.25, 0.3) is 5.91 Å². The molecular weight excluding hydrogens is 295 g/mol. The Kier molecular flexibility index (Phi) is 4.28. The minimum absolute atomic E-state index is 0.00480. The highest BCUT2D eigenvalue weighted by Gasteiger charge is 2.29. The van der Waals surface area contributed by atoms with Crippen molar-refractivity contribution in [2.75, 3.05) is 13.1 Å². The third kappa shape index (κ3) is 3.18. The Labute approximate surface area is 134 Å². The van der Waals surface area contributed by atoms with Crippen molar-refractivity contribution < 1.29 is 14.0 Å². The van der Waals surface area contributed by atoms with Crippen LogP contribution >= 0.6 is 0 Å². The average Bonchev–Trinajstić information content (AvgIpc) is 3.00. The fourth-order valence-electron chi connectivity index (χ4n) is 3.04. The van der Waals surface area contributed by atoms with Crippen LogP contribution in [0, 0.1) is 11.7 Å². The lowest BCUT2D eigenvalue weighted by Crippen LogP contribution is -2.40. The van der Waals surface area contributed by atoms with Crippen molar-refractivity contribution in [3.63, 3.8) is 0 Å². The molecule has 5 heteroatoms. The summed E-state index contributed by atoms with van der Waals surface area (Å²) in [6, 6.07) is 9.32. The number of likely N-dealkylation sites (tertiary alicyclic amines) is 1. The molecule has 0 spiro atoms. The molecule has 0 radical (unpaired) electrons. The van der Waals surface area contributed by atoms with E-state index < -0.39 is 0 Å². The van der Waals surface area contributed by atoms with Crippen LogP contribution in [-0.2, 0) is 7.05 Å². The zero-order valence-electron chi connectivity index (χ0n) is 13.0. The number of rotatable bonds is 3. The van der Waals surface area contributed by atoms with E-state index in [1.54, 1.807) is 15.5 Å². The van der Waals surface area contributed by atoms with Crippen LogP contribution in [0.1, 0.15) is 33.7 Å². The number of aromatic nitrogens is 1. The van der Waals surface area contributed by atoms with E-state index in [4.69, 9.17) is 0 Å². The lowest BCUT2D eigenvalue weighted by Gasteiger charge is -2.31. The number of hydrogen-bond acceptors (Lipinski definition) is 2. The molecule has 0 unspecified atom stereocenters. The highest BCUT2D eigenvalue weighted by molar-refractivity contribution is 5.98. The van der Waals surface area contributed by atoms with Gasteiger partial charge >= 0.3 is 0 Å². The van der Waals surface area contributed by atoms with Gasteiger partial charge in [0.15, 0.2) is 5.78 Å². The number of carbonyl (C=O) groups is 2. The molecule has 1 aliphatic heterocycles. The molecule has 2 aromatic rings. The van der Waals surface area contributed by atoms with Gasteiger partial charge in [0.05, 0.1) is 0 Å². The maximum atomic E-state index is 12.9. The van der Waals surface area contributed by atoms with Crippen molar-refractivity contribution >= 4 is 11.7 Å². The molecule has 0 bridgehead atoms. The summed E-state index contributed by atoms with van der Waals surface area (Å²) in [5.41, 5.74) is 1.20. The van der Waals surface area contributed by atoms with Gasteiger partial charge in [-0.2, -0.15) is 0 Å². The van der Waals surface area contributed by atoms with Crippen LogP contribution < -0.4 is 0 Å². The maximum Gasteiger partial charge on any atom is 0.270 e. The monoisotopic (exact) mass is 314 g/mol. The van der Waals surface area contributed by atoms with Crippen LogP contribution in [-0.4, -0.2) is 34.2 Å². The Morgan fingerprint density at radius 3 is 2.30 bits per heavy atom. The Balaban J connectivity index is 1.62. The van der Waals surface area contributed by atoms with Crippen molar-refractivity contribution in [1.82, 2.24) is 9.47 Å². The number of nitrogens with zero attached hydrogens (tertiary/aromatic N) is 2. The van der Waals surface area contributed by atoms with Crippen LogP contribution in [0.5, 0.6) is 0 Å². The van der Waals surface area contributed by atoms with Gasteiger partial charge < -0.3 is 9.47 Å². The van der Waals surface area contributed by atoms with Crippen molar-refractivity contribution in [3.8, 4) is 0 Å². The SMILES string of the molecule is Cn1cccc1C(=O)N1CCC(C(=O)c2ccc(F)cc2)CC1. The van der Waals surface area contributed by atoms with Gasteiger partial charge in [0.2, 0.25) is 0 Å². The molecule has 0 saturated carbocycles. The third-order valence-corrected chi connectivity index (χ3v) is 4.44. The summed E-state index contributed by atoms with van der Waals surface area (Å²) in [5.74, 6) is -0.399. The molecule has 0 atom stereocenters. The number of halogens is 1. The number of benzene rings is 1. The van der Waals surface area contributed by atoms with Crippen LogP contribution in [0.25, 0.3) is 0 Å². The Hall–Kier alpha value is -2.43. The summed E-state index contributed by atoms with van der Waals surface area (Å²) < 4.78 is 14.7. The van der Waals surface area contributed by atoms with E-state index in [9.17, 15) is 14.0 Å². The van der Waals surface area contributed by atoms with Gasteiger partial charge in [-0.3, -0.25) is 9.59 Å². The first-order valence-electron chi connectivity index (χ1n) is 7.76. The molecule has 0 N–H and O–H groups in total. The van der Waals surface area contributed by atoms with Gasteiger partial charge in [-0.25, -0.2) is 4.39 Å². The molecule has 4 nitrogen and oxygen atoms in total. The molecule has 3 rings (SSSR count). The van der Waals surface area contributed by atoms with Crippen LogP contribution in [0.15, 0.2) is 42.6 Å². The van der Waals surface area contributed by atoms with Crippen LogP contribution in [0.2, 0.25) is 0 Å². The van der Waals surface area contributed by atoms with E-state index in [1.807, 2.05) is 19.3 Å². The van der Waals surface area contributed by atoms with Gasteiger partial charge in [-0.15, -0.1) is 0 Å². The molecule has 1 aromatic heterocycles. The normalized spacial score (nSPS) is 15.7. The molecule has 1 amide bonds. The first-order valence-corrected chi connectivity index (χ1v) is 7.76. The number of hydrogen-bond donors (Lipinski definition) is 0. The minimum Gasteiger partial charge on any atom is -0.347 e. The van der Waals surface area contributed by atoms with Gasteiger partial charge in [0, 0.05) is 37.8 Å². The average molecular weight is 314 g/mol. The Morgan fingerprint density at radius 2 is 1.74 bits per heavy atom. The summed E-state index contributed by atoms with van der Waals surface area (Å²) in [5, 5.41) is 0. The first-order chi connectivity index (χ1) is 11.1. The van der Waals surface area contributed by atoms with E-state index in [1.165, 1.54) is 24.3 Å². The predicted molar refractivity (Wildman–Crippen MR) is 84.8 cm³/mol. The highest BCUT2D eigenvalue weighted by Crippen LogP contribution is 2.23. The fourth-order valence-corrected chi connectivity index (χ4v) is 3.04. The topological polar surface area (TPSA) is 42.3 Å². The second-order valence-electron chi connectivity index (χ2n) is 5.94. The number of carbonyl (C=O) groups excluding carboxylic acids is 2. The summed E-state index contributed by atoms with van der Waals surface area (Å²) in [6.07, 6.45) is 3.14. The zero-order valence-corrected chi connectivity index (χ0v) is 13.0. The van der Waals surface area contributed by atoms with Crippen molar-refractivity contribution in [1.29, 1.82) is 0 Å². The molecule has 1 fully saturated rings. The number of Topliss-reactive ketones (excluding diaryl/α,β-unsaturated/α-hetero) is 1. The quantitative estimate of drug-likeness (QED) is 0.818. The smallest absolute Gasteiger partial charge is 0.270 e. The maximum absolute atomic E-state index is 12.9. The van der Waals surface area contributed by atoms with E-state index in [-0.39, 0.29) is 23.4 Å². The van der Waals surface area contributed by atoms with Crippen molar-refractivity contribution in [2.45, 2.75) is 12.8 Å². The van der Waals surface area contributed by atoms with Crippen molar-refractivity contribution in [3.05, 3.63) is 59.7 Å². The number of amides is 1. The zero-order chi connectivity index (χ0) is 16.4. The van der Waals surface area contributed by atoms with Gasteiger partial charge in [0.1, 0.15) is 11.5 Å². The van der Waals surface area contributed by atoms with Crippen molar-refractivity contribution in [2.24, 2.45) is 13.0 Å². The standard InChI is InChI=1S/C18H19FN2O2/c1-20-10-2-3-16(20)18(23)21-11-8-14(9-12-21)17(22)13-4-6-15(19)7-5-13/h2-7,10,14H,8-9,11-12H2,1H3. The van der Waals surface area contributed by atoms with E-state index in [2.05, 4.69) is 0 Å². The highest BCUT2D eigenvalue weighted by atomic mass is 19.1. The second-order valence-corrected chi connectivity index (χ2v) is 5.94. The summed E-state index contributed by atoms with van der Waals surface area (Å²) in [6.45, 7) is 1.14.